The molecular weight excluding hydrogens is 301 g/mol. The Morgan fingerprint density at radius 2 is 2.19 bits per heavy atom. The fourth-order valence-electron chi connectivity index (χ4n) is 2.42. The molecule has 1 saturated heterocycles. The molecule has 114 valence electrons. The van der Waals surface area contributed by atoms with E-state index >= 15 is 0 Å². The molecule has 21 heavy (non-hydrogen) atoms. The summed E-state index contributed by atoms with van der Waals surface area (Å²) in [6.45, 7) is 1.95. The van der Waals surface area contributed by atoms with Crippen LogP contribution in [0.4, 0.5) is 13.2 Å². The molecule has 0 aliphatic carbocycles. The number of likely N-dealkylation sites (tertiary alicyclic amines) is 1. The minimum Gasteiger partial charge on any atom is -0.380 e. The highest BCUT2D eigenvalue weighted by Gasteiger charge is 2.31. The molecule has 1 aromatic rings. The summed E-state index contributed by atoms with van der Waals surface area (Å²) in [6, 6.07) is 3.81. The lowest BCUT2D eigenvalue weighted by Crippen LogP contribution is -2.22. The molecule has 0 radical (unpaired) electrons. The number of thioether (sulfide) groups is 1. The largest absolute Gasteiger partial charge is 0.416 e. The van der Waals surface area contributed by atoms with Crippen molar-refractivity contribution in [1.29, 1.82) is 5.26 Å². The van der Waals surface area contributed by atoms with E-state index in [0.717, 1.165) is 36.9 Å². The van der Waals surface area contributed by atoms with Gasteiger partial charge in [0, 0.05) is 31.6 Å². The summed E-state index contributed by atoms with van der Waals surface area (Å²) in [5.74, 6) is 0. The number of benzene rings is 1. The highest BCUT2D eigenvalue weighted by molar-refractivity contribution is 8.03. The summed E-state index contributed by atoms with van der Waals surface area (Å²) in [4.78, 5) is 2.38. The van der Waals surface area contributed by atoms with E-state index in [2.05, 4.69) is 4.90 Å². The van der Waals surface area contributed by atoms with Crippen molar-refractivity contribution in [2.24, 2.45) is 0 Å². The zero-order chi connectivity index (χ0) is 15.5. The van der Waals surface area contributed by atoms with E-state index in [0.29, 0.717) is 23.5 Å². The molecule has 0 bridgehead atoms. The molecule has 1 aromatic carbocycles. The topological polar surface area (TPSA) is 36.3 Å². The van der Waals surface area contributed by atoms with E-state index in [4.69, 9.17) is 10.00 Å². The lowest BCUT2D eigenvalue weighted by Gasteiger charge is -2.17. The summed E-state index contributed by atoms with van der Waals surface area (Å²) < 4.78 is 43.9. The Kier molecular flexibility index (Phi) is 5.14. The van der Waals surface area contributed by atoms with Gasteiger partial charge in [-0.3, -0.25) is 4.90 Å². The molecule has 1 atom stereocenters. The van der Waals surface area contributed by atoms with Crippen LogP contribution in [-0.4, -0.2) is 31.2 Å². The van der Waals surface area contributed by atoms with Crippen LogP contribution in [0.15, 0.2) is 23.1 Å². The Bertz CT molecular complexity index is 542. The standard InChI is InChI=1S/C14H15F3N2OS/c1-20-12-2-3-19(8-12)7-10-4-11(14(15,16)17)6-13(5-10)21-9-18/h4-6,12H,2-3,7-8H2,1H3/t12-/m1/s1. The van der Waals surface area contributed by atoms with Crippen LogP contribution < -0.4 is 0 Å². The number of rotatable bonds is 4. The Hall–Kier alpha value is -1.23. The molecule has 3 nitrogen and oxygen atoms in total. The monoisotopic (exact) mass is 316 g/mol. The van der Waals surface area contributed by atoms with Gasteiger partial charge < -0.3 is 4.74 Å². The SMILES string of the molecule is CO[C@@H]1CCN(Cc2cc(SC#N)cc(C(F)(F)F)c2)C1. The Morgan fingerprint density at radius 3 is 2.76 bits per heavy atom. The maximum atomic E-state index is 12.9. The predicted molar refractivity (Wildman–Crippen MR) is 73.6 cm³/mol. The van der Waals surface area contributed by atoms with Gasteiger partial charge in [0.1, 0.15) is 5.40 Å². The van der Waals surface area contributed by atoms with Crippen LogP contribution in [0.5, 0.6) is 0 Å². The van der Waals surface area contributed by atoms with Crippen LogP contribution >= 0.6 is 11.8 Å². The van der Waals surface area contributed by atoms with Gasteiger partial charge in [-0.2, -0.15) is 18.4 Å². The number of nitrogens with zero attached hydrogens (tertiary/aromatic N) is 2. The average Bonchev–Trinajstić information content (AvgIpc) is 2.85. The first-order valence-corrected chi connectivity index (χ1v) is 7.26. The lowest BCUT2D eigenvalue weighted by molar-refractivity contribution is -0.137. The van der Waals surface area contributed by atoms with Crippen LogP contribution in [0.3, 0.4) is 0 Å². The fraction of sp³-hybridized carbons (Fsp3) is 0.500. The van der Waals surface area contributed by atoms with E-state index in [1.54, 1.807) is 13.2 Å². The van der Waals surface area contributed by atoms with Crippen molar-refractivity contribution in [3.8, 4) is 5.40 Å². The summed E-state index contributed by atoms with van der Waals surface area (Å²) >= 11 is 0.745. The van der Waals surface area contributed by atoms with Crippen LogP contribution in [-0.2, 0) is 17.5 Å². The first-order chi connectivity index (χ1) is 9.92. The number of hydrogen-bond acceptors (Lipinski definition) is 4. The Balaban J connectivity index is 2.18. The first kappa shape index (κ1) is 16.1. The molecule has 0 N–H and O–H groups in total. The van der Waals surface area contributed by atoms with Crippen molar-refractivity contribution in [1.82, 2.24) is 4.90 Å². The predicted octanol–water partition coefficient (Wildman–Crippen LogP) is 3.50. The van der Waals surface area contributed by atoms with Gasteiger partial charge in [0.2, 0.25) is 0 Å². The molecule has 1 aliphatic rings. The van der Waals surface area contributed by atoms with Gasteiger partial charge in [-0.1, -0.05) is 0 Å². The van der Waals surface area contributed by atoms with Gasteiger partial charge in [-0.25, -0.2) is 0 Å². The van der Waals surface area contributed by atoms with Crippen molar-refractivity contribution in [3.05, 3.63) is 29.3 Å². The summed E-state index contributed by atoms with van der Waals surface area (Å²) in [6.07, 6.45) is -3.38. The van der Waals surface area contributed by atoms with Gasteiger partial charge >= 0.3 is 6.18 Å². The summed E-state index contributed by atoms with van der Waals surface area (Å²) in [7, 11) is 1.64. The number of hydrogen-bond donors (Lipinski definition) is 0. The van der Waals surface area contributed by atoms with E-state index < -0.39 is 11.7 Å². The molecule has 0 aromatic heterocycles. The van der Waals surface area contributed by atoms with Gasteiger partial charge in [-0.05, 0) is 41.9 Å². The molecular formula is C14H15F3N2OS. The molecule has 7 heteroatoms. The maximum absolute atomic E-state index is 12.9. The van der Waals surface area contributed by atoms with Crippen molar-refractivity contribution in [3.63, 3.8) is 0 Å². The van der Waals surface area contributed by atoms with Crippen LogP contribution in [0.1, 0.15) is 17.5 Å². The van der Waals surface area contributed by atoms with Crippen molar-refractivity contribution in [2.75, 3.05) is 20.2 Å². The molecule has 0 unspecified atom stereocenters. The van der Waals surface area contributed by atoms with E-state index in [1.165, 1.54) is 0 Å². The molecule has 2 rings (SSSR count). The zero-order valence-corrected chi connectivity index (χ0v) is 12.3. The van der Waals surface area contributed by atoms with Gasteiger partial charge in [0.25, 0.3) is 0 Å². The normalized spacial score (nSPS) is 19.7. The molecule has 0 saturated carbocycles. The number of nitriles is 1. The fourth-order valence-corrected chi connectivity index (χ4v) is 2.92. The number of ether oxygens (including phenoxy) is 1. The molecule has 0 spiro atoms. The molecule has 0 amide bonds. The number of alkyl halides is 3. The third-order valence-corrected chi connectivity index (χ3v) is 3.99. The number of methoxy groups -OCH3 is 1. The van der Waals surface area contributed by atoms with E-state index in [1.807, 2.05) is 5.40 Å². The maximum Gasteiger partial charge on any atom is 0.416 e. The van der Waals surface area contributed by atoms with Crippen LogP contribution in [0.25, 0.3) is 0 Å². The zero-order valence-electron chi connectivity index (χ0n) is 11.5. The van der Waals surface area contributed by atoms with Crippen molar-refractivity contribution >= 4 is 11.8 Å². The summed E-state index contributed by atoms with van der Waals surface area (Å²) in [5.41, 5.74) is -0.139. The second kappa shape index (κ2) is 6.69. The highest BCUT2D eigenvalue weighted by Crippen LogP contribution is 2.33. The van der Waals surface area contributed by atoms with Crippen LogP contribution in [0.2, 0.25) is 0 Å². The minimum atomic E-state index is -4.40. The third kappa shape index (κ3) is 4.37. The quantitative estimate of drug-likeness (QED) is 0.629. The van der Waals surface area contributed by atoms with Gasteiger partial charge in [-0.15, -0.1) is 0 Å². The molecule has 1 aliphatic heterocycles. The van der Waals surface area contributed by atoms with Crippen LogP contribution in [0, 0.1) is 10.7 Å². The third-order valence-electron chi connectivity index (χ3n) is 3.43. The average molecular weight is 316 g/mol. The molecule has 1 heterocycles. The smallest absolute Gasteiger partial charge is 0.380 e. The van der Waals surface area contributed by atoms with E-state index in [9.17, 15) is 13.2 Å². The molecule has 1 fully saturated rings. The second-order valence-electron chi connectivity index (χ2n) is 4.94. The lowest BCUT2D eigenvalue weighted by atomic mass is 10.1. The van der Waals surface area contributed by atoms with Gasteiger partial charge in [0.15, 0.2) is 0 Å². The number of halogens is 3. The Labute approximate surface area is 125 Å². The van der Waals surface area contributed by atoms with Gasteiger partial charge in [0.05, 0.1) is 11.7 Å². The minimum absolute atomic E-state index is 0.142. The summed E-state index contributed by atoms with van der Waals surface area (Å²) in [5, 5.41) is 10.5. The van der Waals surface area contributed by atoms with Crippen molar-refractivity contribution < 1.29 is 17.9 Å². The van der Waals surface area contributed by atoms with Crippen molar-refractivity contribution in [2.45, 2.75) is 30.1 Å². The number of thiocyanates is 1. The first-order valence-electron chi connectivity index (χ1n) is 6.44. The van der Waals surface area contributed by atoms with E-state index in [-0.39, 0.29) is 6.10 Å². The Morgan fingerprint density at radius 1 is 1.43 bits per heavy atom. The highest BCUT2D eigenvalue weighted by atomic mass is 32.2. The second-order valence-corrected chi connectivity index (χ2v) is 5.80.